The molecule has 0 bridgehead atoms. The third-order valence-corrected chi connectivity index (χ3v) is 4.11. The molecule has 3 rings (SSSR count). The van der Waals surface area contributed by atoms with Crippen LogP contribution in [-0.2, 0) is 11.3 Å². The second kappa shape index (κ2) is 9.85. The summed E-state index contributed by atoms with van der Waals surface area (Å²) in [6, 6.07) is 18.2. The number of nitrogens with zero attached hydrogens (tertiary/aromatic N) is 1. The van der Waals surface area contributed by atoms with Gasteiger partial charge in [0.1, 0.15) is 5.75 Å². The number of carbonyl (C=O) groups is 2. The molecule has 0 aliphatic rings. The summed E-state index contributed by atoms with van der Waals surface area (Å²) in [5, 5.41) is 5.66. The molecule has 0 aliphatic heterocycles. The van der Waals surface area contributed by atoms with Gasteiger partial charge < -0.3 is 15.4 Å². The summed E-state index contributed by atoms with van der Waals surface area (Å²) in [6.45, 7) is 0.346. The van der Waals surface area contributed by atoms with Crippen molar-refractivity contribution in [1.82, 2.24) is 10.3 Å². The lowest BCUT2D eigenvalue weighted by Crippen LogP contribution is -2.22. The molecule has 0 saturated carbocycles. The topological polar surface area (TPSA) is 80.3 Å². The number of carbonyl (C=O) groups excluding carboxylic acids is 2. The monoisotopic (exact) mass is 387 g/mol. The normalized spacial score (nSPS) is 10.5. The number of anilines is 1. The van der Waals surface area contributed by atoms with Gasteiger partial charge >= 0.3 is 0 Å². The van der Waals surface area contributed by atoms with E-state index in [1.807, 2.05) is 42.5 Å². The van der Waals surface area contributed by atoms with Crippen LogP contribution in [0.2, 0.25) is 0 Å². The molecule has 0 radical (unpaired) electrons. The lowest BCUT2D eigenvalue weighted by Gasteiger charge is -2.08. The molecule has 0 unspecified atom stereocenters. The van der Waals surface area contributed by atoms with Crippen LogP contribution in [0.15, 0.2) is 79.1 Å². The van der Waals surface area contributed by atoms with Gasteiger partial charge in [0.05, 0.1) is 12.7 Å². The average molecular weight is 387 g/mol. The standard InChI is InChI=1S/C23H21N3O3/c1-29-21-10-7-17(8-11-21)9-12-22(27)26-20-6-2-4-18(14-20)15-25-23(28)19-5-3-13-24-16-19/h2-14,16H,15H2,1H3,(H,25,28)(H,26,27)/b12-9+. The highest BCUT2D eigenvalue weighted by atomic mass is 16.5. The molecule has 3 aromatic rings. The second-order valence-corrected chi connectivity index (χ2v) is 6.22. The van der Waals surface area contributed by atoms with E-state index in [2.05, 4.69) is 15.6 Å². The zero-order valence-corrected chi connectivity index (χ0v) is 16.0. The molecule has 2 aromatic carbocycles. The Bertz CT molecular complexity index is 999. The van der Waals surface area contributed by atoms with Gasteiger partial charge in [-0.25, -0.2) is 0 Å². The first-order valence-corrected chi connectivity index (χ1v) is 9.04. The molecule has 2 N–H and O–H groups in total. The van der Waals surface area contributed by atoms with Crippen molar-refractivity contribution in [3.8, 4) is 5.75 Å². The van der Waals surface area contributed by atoms with Crippen LogP contribution in [0.1, 0.15) is 21.5 Å². The molecular formula is C23H21N3O3. The van der Waals surface area contributed by atoms with Crippen molar-refractivity contribution in [2.45, 2.75) is 6.54 Å². The molecule has 6 nitrogen and oxygen atoms in total. The first-order chi connectivity index (χ1) is 14.1. The zero-order valence-electron chi connectivity index (χ0n) is 16.0. The van der Waals surface area contributed by atoms with E-state index in [0.717, 1.165) is 16.9 Å². The minimum absolute atomic E-state index is 0.199. The molecule has 146 valence electrons. The number of rotatable bonds is 7. The van der Waals surface area contributed by atoms with Crippen LogP contribution in [-0.4, -0.2) is 23.9 Å². The highest BCUT2D eigenvalue weighted by Crippen LogP contribution is 2.13. The summed E-state index contributed by atoms with van der Waals surface area (Å²) in [5.74, 6) is 0.325. The minimum atomic E-state index is -0.239. The Labute approximate surface area is 169 Å². The van der Waals surface area contributed by atoms with Crippen molar-refractivity contribution < 1.29 is 14.3 Å². The lowest BCUT2D eigenvalue weighted by atomic mass is 10.2. The maximum atomic E-state index is 12.2. The van der Waals surface area contributed by atoms with E-state index in [0.29, 0.717) is 17.8 Å². The fourth-order valence-corrected chi connectivity index (χ4v) is 2.61. The van der Waals surface area contributed by atoms with E-state index in [1.54, 1.807) is 37.6 Å². The number of ether oxygens (including phenoxy) is 1. The Morgan fingerprint density at radius 3 is 2.62 bits per heavy atom. The average Bonchev–Trinajstić information content (AvgIpc) is 2.77. The molecule has 0 atom stereocenters. The molecule has 1 heterocycles. The Balaban J connectivity index is 1.55. The maximum absolute atomic E-state index is 12.2. The van der Waals surface area contributed by atoms with E-state index in [1.165, 1.54) is 12.3 Å². The quantitative estimate of drug-likeness (QED) is 0.606. The number of hydrogen-bond acceptors (Lipinski definition) is 4. The fourth-order valence-electron chi connectivity index (χ4n) is 2.61. The van der Waals surface area contributed by atoms with Crippen LogP contribution in [0, 0.1) is 0 Å². The Morgan fingerprint density at radius 2 is 1.90 bits per heavy atom. The first kappa shape index (κ1) is 19.8. The summed E-state index contributed by atoms with van der Waals surface area (Å²) in [4.78, 5) is 28.2. The van der Waals surface area contributed by atoms with Gasteiger partial charge in [0.15, 0.2) is 0 Å². The van der Waals surface area contributed by atoms with E-state index in [-0.39, 0.29) is 11.8 Å². The number of pyridine rings is 1. The second-order valence-electron chi connectivity index (χ2n) is 6.22. The molecule has 0 aliphatic carbocycles. The highest BCUT2D eigenvalue weighted by molar-refractivity contribution is 6.02. The number of methoxy groups -OCH3 is 1. The Kier molecular flexibility index (Phi) is 6.73. The van der Waals surface area contributed by atoms with Crippen molar-refractivity contribution in [2.75, 3.05) is 12.4 Å². The zero-order chi connectivity index (χ0) is 20.5. The molecular weight excluding hydrogens is 366 g/mol. The smallest absolute Gasteiger partial charge is 0.253 e. The summed E-state index contributed by atoms with van der Waals surface area (Å²) in [7, 11) is 1.61. The number of aromatic nitrogens is 1. The van der Waals surface area contributed by atoms with Crippen molar-refractivity contribution in [3.05, 3.63) is 95.8 Å². The van der Waals surface area contributed by atoms with E-state index < -0.39 is 0 Å². The number of hydrogen-bond donors (Lipinski definition) is 2. The van der Waals surface area contributed by atoms with Gasteiger partial charge in [-0.15, -0.1) is 0 Å². The van der Waals surface area contributed by atoms with Gasteiger partial charge in [0, 0.05) is 30.7 Å². The first-order valence-electron chi connectivity index (χ1n) is 9.04. The van der Waals surface area contributed by atoms with Crippen molar-refractivity contribution in [1.29, 1.82) is 0 Å². The van der Waals surface area contributed by atoms with Crippen molar-refractivity contribution in [3.63, 3.8) is 0 Å². The summed E-state index contributed by atoms with van der Waals surface area (Å²) in [6.07, 6.45) is 6.33. The van der Waals surface area contributed by atoms with Crippen LogP contribution >= 0.6 is 0 Å². The predicted octanol–water partition coefficient (Wildman–Crippen LogP) is 3.67. The van der Waals surface area contributed by atoms with E-state index in [4.69, 9.17) is 4.74 Å². The van der Waals surface area contributed by atoms with Gasteiger partial charge in [-0.1, -0.05) is 24.3 Å². The number of nitrogens with one attached hydrogen (secondary N) is 2. The molecule has 29 heavy (non-hydrogen) atoms. The van der Waals surface area contributed by atoms with Gasteiger partial charge in [0.25, 0.3) is 5.91 Å². The Hall–Kier alpha value is -3.93. The molecule has 2 amide bonds. The van der Waals surface area contributed by atoms with Gasteiger partial charge in [-0.2, -0.15) is 0 Å². The molecule has 6 heteroatoms. The summed E-state index contributed by atoms with van der Waals surface area (Å²) >= 11 is 0. The predicted molar refractivity (Wildman–Crippen MR) is 113 cm³/mol. The molecule has 0 spiro atoms. The fraction of sp³-hybridized carbons (Fsp3) is 0.0870. The SMILES string of the molecule is COc1ccc(/C=C/C(=O)Nc2cccc(CNC(=O)c3cccnc3)c2)cc1. The summed E-state index contributed by atoms with van der Waals surface area (Å²) in [5.41, 5.74) is 2.93. The van der Waals surface area contributed by atoms with Crippen LogP contribution in [0.5, 0.6) is 5.75 Å². The van der Waals surface area contributed by atoms with E-state index in [9.17, 15) is 9.59 Å². The largest absolute Gasteiger partial charge is 0.497 e. The lowest BCUT2D eigenvalue weighted by molar-refractivity contribution is -0.111. The molecule has 1 aromatic heterocycles. The molecule has 0 fully saturated rings. The van der Waals surface area contributed by atoms with Gasteiger partial charge in [-0.05, 0) is 53.6 Å². The van der Waals surface area contributed by atoms with Crippen molar-refractivity contribution in [2.24, 2.45) is 0 Å². The van der Waals surface area contributed by atoms with Crippen LogP contribution in [0.4, 0.5) is 5.69 Å². The summed E-state index contributed by atoms with van der Waals surface area (Å²) < 4.78 is 5.11. The van der Waals surface area contributed by atoms with Gasteiger partial charge in [-0.3, -0.25) is 14.6 Å². The minimum Gasteiger partial charge on any atom is -0.497 e. The number of benzene rings is 2. The van der Waals surface area contributed by atoms with Crippen LogP contribution in [0.3, 0.4) is 0 Å². The number of amides is 2. The van der Waals surface area contributed by atoms with Gasteiger partial charge in [0.2, 0.25) is 5.91 Å². The highest BCUT2D eigenvalue weighted by Gasteiger charge is 2.05. The molecule has 0 saturated heterocycles. The third kappa shape index (κ3) is 6.04. The van der Waals surface area contributed by atoms with E-state index >= 15 is 0 Å². The van der Waals surface area contributed by atoms with Crippen molar-refractivity contribution >= 4 is 23.6 Å². The third-order valence-electron chi connectivity index (χ3n) is 4.11. The maximum Gasteiger partial charge on any atom is 0.253 e. The van der Waals surface area contributed by atoms with Crippen LogP contribution < -0.4 is 15.4 Å². The van der Waals surface area contributed by atoms with Crippen LogP contribution in [0.25, 0.3) is 6.08 Å². The Morgan fingerprint density at radius 1 is 1.07 bits per heavy atom.